The fourth-order valence-electron chi connectivity index (χ4n) is 2.68. The van der Waals surface area contributed by atoms with E-state index in [0.29, 0.717) is 5.69 Å². The fraction of sp³-hybridized carbons (Fsp3) is 0.250. The van der Waals surface area contributed by atoms with Gasteiger partial charge >= 0.3 is 6.09 Å². The topological polar surface area (TPSA) is 96.1 Å². The van der Waals surface area contributed by atoms with Crippen molar-refractivity contribution >= 4 is 23.3 Å². The Labute approximate surface area is 167 Å². The third-order valence-corrected chi connectivity index (χ3v) is 5.09. The maximum atomic E-state index is 12.5. The lowest BCUT2D eigenvalue weighted by Crippen LogP contribution is -2.38. The molecule has 0 aliphatic rings. The highest BCUT2D eigenvalue weighted by Gasteiger charge is 2.18. The number of nitrogens with one attached hydrogen (secondary N) is 3. The first-order valence-electron chi connectivity index (χ1n) is 8.95. The van der Waals surface area contributed by atoms with Crippen LogP contribution < -0.4 is 10.6 Å². The van der Waals surface area contributed by atoms with Gasteiger partial charge < -0.3 is 15.4 Å². The number of hydrogen-bond donors (Lipinski definition) is 3. The Morgan fingerprint density at radius 3 is 2.68 bits per heavy atom. The number of carbonyl (C=O) groups is 2. The number of aryl methyl sites for hydroxylation is 1. The number of benzene rings is 1. The number of ether oxygens (including phenoxy) is 1. The summed E-state index contributed by atoms with van der Waals surface area (Å²) in [5, 5.41) is 12.6. The van der Waals surface area contributed by atoms with E-state index in [0.717, 1.165) is 16.1 Å². The van der Waals surface area contributed by atoms with E-state index in [4.69, 9.17) is 4.74 Å². The molecule has 3 N–H and O–H groups in total. The molecule has 146 valence electrons. The van der Waals surface area contributed by atoms with Crippen LogP contribution in [0.1, 0.15) is 33.9 Å². The summed E-state index contributed by atoms with van der Waals surface area (Å²) >= 11 is 1.63. The molecule has 3 aromatic rings. The van der Waals surface area contributed by atoms with E-state index in [1.165, 1.54) is 4.88 Å². The van der Waals surface area contributed by atoms with Gasteiger partial charge in [0.1, 0.15) is 0 Å². The van der Waals surface area contributed by atoms with Gasteiger partial charge in [0.25, 0.3) is 5.91 Å². The summed E-state index contributed by atoms with van der Waals surface area (Å²) in [6.45, 7) is 4.25. The minimum Gasteiger partial charge on any atom is -0.450 e. The summed E-state index contributed by atoms with van der Waals surface area (Å²) < 4.78 is 4.96. The second-order valence-electron chi connectivity index (χ2n) is 6.12. The van der Waals surface area contributed by atoms with Crippen LogP contribution in [0.3, 0.4) is 0 Å². The lowest BCUT2D eigenvalue weighted by Gasteiger charge is -2.19. The normalized spacial score (nSPS) is 11.6. The second-order valence-corrected chi connectivity index (χ2v) is 7.40. The molecule has 3 rings (SSSR count). The number of carbonyl (C=O) groups excluding carboxylic acids is 2. The first-order valence-corrected chi connectivity index (χ1v) is 9.77. The summed E-state index contributed by atoms with van der Waals surface area (Å²) in [6.07, 6.45) is -0.527. The molecule has 2 amide bonds. The lowest BCUT2D eigenvalue weighted by atomic mass is 10.1. The quantitative estimate of drug-likeness (QED) is 0.566. The van der Waals surface area contributed by atoms with Crippen LogP contribution in [0.2, 0.25) is 0 Å². The average molecular weight is 398 g/mol. The zero-order chi connectivity index (χ0) is 19.9. The molecule has 28 heavy (non-hydrogen) atoms. The summed E-state index contributed by atoms with van der Waals surface area (Å²) in [7, 11) is 0. The summed E-state index contributed by atoms with van der Waals surface area (Å²) in [5.74, 6) is -0.317. The molecule has 0 radical (unpaired) electrons. The van der Waals surface area contributed by atoms with E-state index in [9.17, 15) is 9.59 Å². The molecule has 1 aromatic carbocycles. The molecule has 0 aliphatic heterocycles. The minimum absolute atomic E-state index is 0.210. The van der Waals surface area contributed by atoms with Crippen molar-refractivity contribution in [3.8, 4) is 10.6 Å². The molecule has 0 saturated carbocycles. The summed E-state index contributed by atoms with van der Waals surface area (Å²) in [4.78, 5) is 26.6. The number of alkyl carbamates (subject to hydrolysis) is 1. The standard InChI is InChI=1S/C20H22N4O3S/c1-3-27-20(26)22-17(14-7-5-4-6-8-14)12-21-19(25)16-11-15(23-24-16)18-10-9-13(2)28-18/h4-11,17H,3,12H2,1-2H3,(H,21,25)(H,22,26)(H,23,24). The van der Waals surface area contributed by atoms with E-state index in [1.54, 1.807) is 24.3 Å². The SMILES string of the molecule is CCOC(=O)NC(CNC(=O)c1cc(-c2ccc(C)s2)[nH]n1)c1ccccc1. The van der Waals surface area contributed by atoms with E-state index in [2.05, 4.69) is 20.8 Å². The van der Waals surface area contributed by atoms with Crippen molar-refractivity contribution in [3.05, 3.63) is 64.7 Å². The van der Waals surface area contributed by atoms with Crippen LogP contribution in [0, 0.1) is 6.92 Å². The van der Waals surface area contributed by atoms with E-state index < -0.39 is 12.1 Å². The van der Waals surface area contributed by atoms with Gasteiger partial charge in [0.2, 0.25) is 0 Å². The number of nitrogens with zero attached hydrogens (tertiary/aromatic N) is 1. The van der Waals surface area contributed by atoms with Crippen LogP contribution in [-0.4, -0.2) is 35.3 Å². The zero-order valence-corrected chi connectivity index (χ0v) is 16.5. The predicted octanol–water partition coefficient (Wildman–Crippen LogP) is 3.66. The maximum Gasteiger partial charge on any atom is 0.407 e. The minimum atomic E-state index is -0.527. The predicted molar refractivity (Wildman–Crippen MR) is 108 cm³/mol. The molecule has 2 heterocycles. The fourth-order valence-corrected chi connectivity index (χ4v) is 3.52. The van der Waals surface area contributed by atoms with Crippen molar-refractivity contribution in [3.63, 3.8) is 0 Å². The highest BCUT2D eigenvalue weighted by molar-refractivity contribution is 7.15. The Hall–Kier alpha value is -3.13. The third-order valence-electron chi connectivity index (χ3n) is 4.05. The summed E-state index contributed by atoms with van der Waals surface area (Å²) in [5.41, 5.74) is 1.96. The van der Waals surface area contributed by atoms with Gasteiger partial charge in [0, 0.05) is 11.4 Å². The third kappa shape index (κ3) is 4.98. The van der Waals surface area contributed by atoms with Crippen molar-refractivity contribution in [1.29, 1.82) is 0 Å². The first kappa shape index (κ1) is 19.6. The zero-order valence-electron chi connectivity index (χ0n) is 15.7. The van der Waals surface area contributed by atoms with Gasteiger partial charge in [-0.2, -0.15) is 5.10 Å². The van der Waals surface area contributed by atoms with Gasteiger partial charge in [-0.05, 0) is 37.6 Å². The molecule has 0 fully saturated rings. The van der Waals surface area contributed by atoms with Gasteiger partial charge in [-0.3, -0.25) is 9.89 Å². The van der Waals surface area contributed by atoms with Crippen molar-refractivity contribution in [2.45, 2.75) is 19.9 Å². The van der Waals surface area contributed by atoms with Crippen molar-refractivity contribution < 1.29 is 14.3 Å². The lowest BCUT2D eigenvalue weighted by molar-refractivity contribution is 0.0941. The monoisotopic (exact) mass is 398 g/mol. The number of H-pyrrole nitrogens is 1. The number of aromatic amines is 1. The highest BCUT2D eigenvalue weighted by Crippen LogP contribution is 2.26. The second kappa shape index (κ2) is 9.18. The van der Waals surface area contributed by atoms with Crippen LogP contribution in [0.4, 0.5) is 4.79 Å². The molecule has 1 unspecified atom stereocenters. The van der Waals surface area contributed by atoms with Crippen LogP contribution in [0.15, 0.2) is 48.5 Å². The Kier molecular flexibility index (Phi) is 6.44. The smallest absolute Gasteiger partial charge is 0.407 e. The Morgan fingerprint density at radius 2 is 2.00 bits per heavy atom. The van der Waals surface area contributed by atoms with E-state index in [1.807, 2.05) is 49.4 Å². The van der Waals surface area contributed by atoms with Crippen LogP contribution >= 0.6 is 11.3 Å². The number of rotatable bonds is 7. The number of thiophene rings is 1. The van der Waals surface area contributed by atoms with E-state index in [-0.39, 0.29) is 19.1 Å². The van der Waals surface area contributed by atoms with Gasteiger partial charge in [-0.15, -0.1) is 11.3 Å². The van der Waals surface area contributed by atoms with Crippen LogP contribution in [-0.2, 0) is 4.74 Å². The number of amides is 2. The average Bonchev–Trinajstić information content (AvgIpc) is 3.35. The van der Waals surface area contributed by atoms with Gasteiger partial charge in [-0.1, -0.05) is 30.3 Å². The number of hydrogen-bond acceptors (Lipinski definition) is 5. The maximum absolute atomic E-state index is 12.5. The van der Waals surface area contributed by atoms with Crippen molar-refractivity contribution in [1.82, 2.24) is 20.8 Å². The number of aromatic nitrogens is 2. The summed E-state index contributed by atoms with van der Waals surface area (Å²) in [6, 6.07) is 14.7. The molecule has 8 heteroatoms. The molecule has 7 nitrogen and oxygen atoms in total. The Balaban J connectivity index is 1.66. The molecular weight excluding hydrogens is 376 g/mol. The first-order chi connectivity index (χ1) is 13.6. The Morgan fingerprint density at radius 1 is 1.21 bits per heavy atom. The van der Waals surface area contributed by atoms with Gasteiger partial charge in [-0.25, -0.2) is 4.79 Å². The van der Waals surface area contributed by atoms with Crippen LogP contribution in [0.5, 0.6) is 0 Å². The van der Waals surface area contributed by atoms with Crippen LogP contribution in [0.25, 0.3) is 10.6 Å². The Bertz CT molecular complexity index is 936. The molecular formula is C20H22N4O3S. The van der Waals surface area contributed by atoms with Crippen molar-refractivity contribution in [2.24, 2.45) is 0 Å². The molecule has 0 saturated heterocycles. The molecule has 0 spiro atoms. The highest BCUT2D eigenvalue weighted by atomic mass is 32.1. The molecule has 0 bridgehead atoms. The molecule has 2 aromatic heterocycles. The van der Waals surface area contributed by atoms with Gasteiger partial charge in [0.15, 0.2) is 5.69 Å². The largest absolute Gasteiger partial charge is 0.450 e. The van der Waals surface area contributed by atoms with E-state index >= 15 is 0 Å². The van der Waals surface area contributed by atoms with Crippen molar-refractivity contribution in [2.75, 3.05) is 13.2 Å². The van der Waals surface area contributed by atoms with Gasteiger partial charge in [0.05, 0.1) is 23.2 Å². The molecule has 1 atom stereocenters. The molecule has 0 aliphatic carbocycles.